The molecule has 94 valence electrons. The Morgan fingerprint density at radius 3 is 2.50 bits per heavy atom. The third-order valence-electron chi connectivity index (χ3n) is 2.30. The summed E-state index contributed by atoms with van der Waals surface area (Å²) in [7, 11) is 1.54. The lowest BCUT2D eigenvalue weighted by molar-refractivity contribution is 0.340. The second-order valence-corrected chi connectivity index (χ2v) is 3.90. The molecule has 0 N–H and O–H groups in total. The number of benzene rings is 1. The summed E-state index contributed by atoms with van der Waals surface area (Å²) in [4.78, 5) is 8.40. The third-order valence-corrected chi connectivity index (χ3v) is 2.50. The lowest BCUT2D eigenvalue weighted by atomic mass is 10.2. The van der Waals surface area contributed by atoms with Crippen molar-refractivity contribution < 1.29 is 9.47 Å². The normalized spacial score (nSPS) is 10.2. The molecule has 0 aliphatic rings. The van der Waals surface area contributed by atoms with Gasteiger partial charge in [-0.25, -0.2) is 4.98 Å². The van der Waals surface area contributed by atoms with Crippen molar-refractivity contribution in [2.24, 2.45) is 0 Å². The monoisotopic (exact) mass is 264 g/mol. The van der Waals surface area contributed by atoms with Crippen LogP contribution >= 0.6 is 11.6 Å². The van der Waals surface area contributed by atoms with E-state index in [4.69, 9.17) is 21.1 Å². The van der Waals surface area contributed by atoms with E-state index >= 15 is 0 Å². The van der Waals surface area contributed by atoms with Crippen LogP contribution in [0.3, 0.4) is 0 Å². The first-order valence-corrected chi connectivity index (χ1v) is 5.92. The number of rotatable bonds is 4. The predicted octanol–water partition coefficient (Wildman–Crippen LogP) is 3.20. The average Bonchev–Trinajstić information content (AvgIpc) is 2.39. The van der Waals surface area contributed by atoms with Crippen LogP contribution in [0.4, 0.5) is 0 Å². The summed E-state index contributed by atoms with van der Waals surface area (Å²) < 4.78 is 10.4. The molecule has 0 amide bonds. The van der Waals surface area contributed by atoms with E-state index in [9.17, 15) is 0 Å². The van der Waals surface area contributed by atoms with Crippen LogP contribution in [0.1, 0.15) is 6.92 Å². The summed E-state index contributed by atoms with van der Waals surface area (Å²) in [6, 6.07) is 9.08. The zero-order chi connectivity index (χ0) is 13.0. The van der Waals surface area contributed by atoms with Gasteiger partial charge >= 0.3 is 0 Å². The van der Waals surface area contributed by atoms with Crippen LogP contribution in [-0.2, 0) is 0 Å². The molecule has 5 heteroatoms. The van der Waals surface area contributed by atoms with Gasteiger partial charge in [-0.05, 0) is 31.2 Å². The van der Waals surface area contributed by atoms with Gasteiger partial charge in [-0.1, -0.05) is 11.6 Å². The average molecular weight is 265 g/mol. The van der Waals surface area contributed by atoms with E-state index < -0.39 is 0 Å². The highest BCUT2D eigenvalue weighted by Gasteiger charge is 2.06. The Hall–Kier alpha value is -1.81. The van der Waals surface area contributed by atoms with Crippen molar-refractivity contribution in [2.75, 3.05) is 13.7 Å². The van der Waals surface area contributed by atoms with Gasteiger partial charge in [0.2, 0.25) is 5.88 Å². The van der Waals surface area contributed by atoms with E-state index in [0.717, 1.165) is 11.3 Å². The second-order valence-electron chi connectivity index (χ2n) is 3.51. The Balaban J connectivity index is 2.33. The zero-order valence-corrected chi connectivity index (χ0v) is 10.9. The Morgan fingerprint density at radius 2 is 1.89 bits per heavy atom. The molecule has 18 heavy (non-hydrogen) atoms. The van der Waals surface area contributed by atoms with Crippen molar-refractivity contribution in [1.29, 1.82) is 0 Å². The minimum atomic E-state index is 0.353. The Kier molecular flexibility index (Phi) is 3.99. The molecule has 0 radical (unpaired) electrons. The lowest BCUT2D eigenvalue weighted by Gasteiger charge is -2.06. The molecule has 0 saturated heterocycles. The van der Waals surface area contributed by atoms with Crippen molar-refractivity contribution in [3.05, 3.63) is 35.5 Å². The van der Waals surface area contributed by atoms with Gasteiger partial charge in [0, 0.05) is 11.6 Å². The molecule has 2 rings (SSSR count). The molecule has 1 aromatic carbocycles. The molecule has 0 fully saturated rings. The number of hydrogen-bond donors (Lipinski definition) is 0. The smallest absolute Gasteiger partial charge is 0.218 e. The summed E-state index contributed by atoms with van der Waals surface area (Å²) in [6.07, 6.45) is 0. The standard InChI is InChI=1S/C13H13ClN2O2/c1-3-18-10-6-4-9(5-7-10)13-15-11(14)8-12(16-13)17-2/h4-8H,3H2,1-2H3. The lowest BCUT2D eigenvalue weighted by Crippen LogP contribution is -1.95. The van der Waals surface area contributed by atoms with Gasteiger partial charge in [0.1, 0.15) is 10.9 Å². The fraction of sp³-hybridized carbons (Fsp3) is 0.231. The van der Waals surface area contributed by atoms with Crippen LogP contribution in [0.25, 0.3) is 11.4 Å². The number of methoxy groups -OCH3 is 1. The number of nitrogens with zero attached hydrogens (tertiary/aromatic N) is 2. The molecule has 2 aromatic rings. The van der Waals surface area contributed by atoms with E-state index in [0.29, 0.717) is 23.5 Å². The molecule has 0 atom stereocenters. The van der Waals surface area contributed by atoms with E-state index in [1.807, 2.05) is 31.2 Å². The van der Waals surface area contributed by atoms with Crippen molar-refractivity contribution in [1.82, 2.24) is 9.97 Å². The van der Waals surface area contributed by atoms with Crippen molar-refractivity contribution in [3.63, 3.8) is 0 Å². The number of hydrogen-bond acceptors (Lipinski definition) is 4. The molecular weight excluding hydrogens is 252 g/mol. The summed E-state index contributed by atoms with van der Waals surface area (Å²) in [5, 5.41) is 0.353. The van der Waals surface area contributed by atoms with Crippen LogP contribution in [0, 0.1) is 0 Å². The maximum Gasteiger partial charge on any atom is 0.218 e. The molecule has 0 spiro atoms. The fourth-order valence-electron chi connectivity index (χ4n) is 1.50. The molecular formula is C13H13ClN2O2. The van der Waals surface area contributed by atoms with Gasteiger partial charge < -0.3 is 9.47 Å². The highest BCUT2D eigenvalue weighted by molar-refractivity contribution is 6.29. The van der Waals surface area contributed by atoms with Gasteiger partial charge in [0.05, 0.1) is 13.7 Å². The molecule has 4 nitrogen and oxygen atoms in total. The molecule has 0 saturated carbocycles. The largest absolute Gasteiger partial charge is 0.494 e. The molecule has 0 aliphatic heterocycles. The predicted molar refractivity (Wildman–Crippen MR) is 70.2 cm³/mol. The van der Waals surface area contributed by atoms with Crippen molar-refractivity contribution in [3.8, 4) is 23.0 Å². The number of halogens is 1. The first-order chi connectivity index (χ1) is 8.72. The summed E-state index contributed by atoms with van der Waals surface area (Å²) in [5.74, 6) is 1.79. The Bertz CT molecular complexity index is 529. The second kappa shape index (κ2) is 5.69. The van der Waals surface area contributed by atoms with Crippen LogP contribution in [0.2, 0.25) is 5.15 Å². The van der Waals surface area contributed by atoms with Crippen LogP contribution < -0.4 is 9.47 Å². The minimum absolute atomic E-state index is 0.353. The summed E-state index contributed by atoms with van der Waals surface area (Å²) >= 11 is 5.90. The van der Waals surface area contributed by atoms with E-state index in [-0.39, 0.29) is 0 Å². The molecule has 1 heterocycles. The number of ether oxygens (including phenoxy) is 2. The molecule has 0 aliphatic carbocycles. The van der Waals surface area contributed by atoms with E-state index in [1.165, 1.54) is 0 Å². The van der Waals surface area contributed by atoms with Crippen LogP contribution in [-0.4, -0.2) is 23.7 Å². The third kappa shape index (κ3) is 2.90. The summed E-state index contributed by atoms with van der Waals surface area (Å²) in [5.41, 5.74) is 0.860. The highest BCUT2D eigenvalue weighted by atomic mass is 35.5. The Labute approximate surface area is 111 Å². The van der Waals surface area contributed by atoms with Crippen molar-refractivity contribution in [2.45, 2.75) is 6.92 Å². The maximum atomic E-state index is 5.90. The minimum Gasteiger partial charge on any atom is -0.494 e. The molecule has 1 aromatic heterocycles. The van der Waals surface area contributed by atoms with E-state index in [2.05, 4.69) is 9.97 Å². The zero-order valence-electron chi connectivity index (χ0n) is 10.2. The van der Waals surface area contributed by atoms with Gasteiger partial charge in [0.15, 0.2) is 5.82 Å². The van der Waals surface area contributed by atoms with Gasteiger partial charge in [-0.2, -0.15) is 4.98 Å². The van der Waals surface area contributed by atoms with Gasteiger partial charge in [-0.15, -0.1) is 0 Å². The molecule has 0 bridgehead atoms. The fourth-order valence-corrected chi connectivity index (χ4v) is 1.67. The van der Waals surface area contributed by atoms with Gasteiger partial charge in [0.25, 0.3) is 0 Å². The Morgan fingerprint density at radius 1 is 1.17 bits per heavy atom. The summed E-state index contributed by atoms with van der Waals surface area (Å²) in [6.45, 7) is 2.58. The van der Waals surface area contributed by atoms with Crippen molar-refractivity contribution >= 4 is 11.6 Å². The SMILES string of the molecule is CCOc1ccc(-c2nc(Cl)cc(OC)n2)cc1. The van der Waals surface area contributed by atoms with Gasteiger partial charge in [-0.3, -0.25) is 0 Å². The quantitative estimate of drug-likeness (QED) is 0.796. The van der Waals surface area contributed by atoms with Crippen LogP contribution in [0.15, 0.2) is 30.3 Å². The first kappa shape index (κ1) is 12.6. The van der Waals surface area contributed by atoms with E-state index in [1.54, 1.807) is 13.2 Å². The first-order valence-electron chi connectivity index (χ1n) is 5.54. The van der Waals surface area contributed by atoms with Crippen LogP contribution in [0.5, 0.6) is 11.6 Å². The maximum absolute atomic E-state index is 5.90. The highest BCUT2D eigenvalue weighted by Crippen LogP contribution is 2.23. The topological polar surface area (TPSA) is 44.2 Å². The number of aromatic nitrogens is 2. The molecule has 0 unspecified atom stereocenters.